The minimum atomic E-state index is -0.467. The largest absolute Gasteiger partial charge is 0.328 e. The number of benzene rings is 3. The third kappa shape index (κ3) is 4.90. The van der Waals surface area contributed by atoms with Gasteiger partial charge in [-0.3, -0.25) is 14.9 Å². The van der Waals surface area contributed by atoms with Crippen molar-refractivity contribution in [3.8, 4) is 0 Å². The first-order valence-electron chi connectivity index (χ1n) is 9.86. The third-order valence-electron chi connectivity index (χ3n) is 5.31. The van der Waals surface area contributed by atoms with Crippen LogP contribution in [0.4, 0.5) is 11.4 Å². The number of rotatable bonds is 7. The summed E-state index contributed by atoms with van der Waals surface area (Å²) in [5.74, 6) is -0.278. The number of amides is 1. The molecule has 3 rings (SSSR count). The van der Waals surface area contributed by atoms with E-state index >= 15 is 0 Å². The van der Waals surface area contributed by atoms with Crippen molar-refractivity contribution < 1.29 is 15.0 Å². The molecule has 3 aromatic rings. The minimum Gasteiger partial charge on any atom is -0.328 e. The first-order valence-corrected chi connectivity index (χ1v) is 9.86. The molecule has 154 valence electrons. The van der Waals surface area contributed by atoms with Crippen molar-refractivity contribution in [2.24, 2.45) is 0 Å². The zero-order valence-electron chi connectivity index (χ0n) is 17.4. The number of carbonyl (C=O) groups excluding carboxylic acids is 1. The van der Waals surface area contributed by atoms with Crippen LogP contribution in [-0.4, -0.2) is 17.4 Å². The van der Waals surface area contributed by atoms with E-state index in [1.807, 2.05) is 49.5 Å². The molecule has 0 aromatic heterocycles. The van der Waals surface area contributed by atoms with Gasteiger partial charge in [-0.1, -0.05) is 66.2 Å². The number of carbonyl (C=O) groups is 1. The second kappa shape index (κ2) is 9.33. The Morgan fingerprint density at radius 2 is 1.60 bits per heavy atom. The van der Waals surface area contributed by atoms with Crippen LogP contribution in [0.1, 0.15) is 33.9 Å². The Bertz CT molecular complexity index is 1050. The average Bonchev–Trinajstić information content (AvgIpc) is 2.73. The van der Waals surface area contributed by atoms with Crippen LogP contribution in [0.2, 0.25) is 0 Å². The molecule has 6 nitrogen and oxygen atoms in total. The van der Waals surface area contributed by atoms with Crippen molar-refractivity contribution >= 4 is 17.3 Å². The van der Waals surface area contributed by atoms with Crippen molar-refractivity contribution in [2.75, 3.05) is 11.9 Å². The average molecular weight is 404 g/mol. The van der Waals surface area contributed by atoms with Gasteiger partial charge in [0.15, 0.2) is 6.54 Å². The molecular weight excluding hydrogens is 378 g/mol. The number of hydrogen-bond donors (Lipinski definition) is 2. The van der Waals surface area contributed by atoms with E-state index in [1.54, 1.807) is 13.0 Å². The number of nitrogens with one attached hydrogen (secondary N) is 1. The lowest BCUT2D eigenvalue weighted by atomic mass is 9.98. The lowest BCUT2D eigenvalue weighted by Crippen LogP contribution is -2.87. The molecule has 0 spiro atoms. The van der Waals surface area contributed by atoms with Gasteiger partial charge < -0.3 is 10.6 Å². The Morgan fingerprint density at radius 1 is 0.967 bits per heavy atom. The van der Waals surface area contributed by atoms with Crippen LogP contribution in [0.3, 0.4) is 0 Å². The standard InChI is InChI=1S/C24H25N3O3/c1-16-9-12-20(13-10-16)24(19-7-5-4-6-8-19)25-15-22(28)26-23-18(3)17(2)11-14-21(23)27(29)30/h4-14,24-25H,15H2,1-3H3,(H,26,28)/p+1/t24-/m0/s1. The fourth-order valence-electron chi connectivity index (χ4n) is 3.43. The first-order chi connectivity index (χ1) is 14.4. The van der Waals surface area contributed by atoms with Crippen LogP contribution in [0.25, 0.3) is 0 Å². The molecule has 0 heterocycles. The molecule has 0 aliphatic heterocycles. The Morgan fingerprint density at radius 3 is 2.23 bits per heavy atom. The van der Waals surface area contributed by atoms with Gasteiger partial charge in [0.25, 0.3) is 11.6 Å². The molecule has 0 saturated carbocycles. The van der Waals surface area contributed by atoms with Gasteiger partial charge in [0.1, 0.15) is 11.7 Å². The van der Waals surface area contributed by atoms with E-state index in [4.69, 9.17) is 0 Å². The number of hydrogen-bond acceptors (Lipinski definition) is 3. The highest BCUT2D eigenvalue weighted by molar-refractivity contribution is 5.94. The van der Waals surface area contributed by atoms with Crippen molar-refractivity contribution in [1.29, 1.82) is 0 Å². The Labute approximate surface area is 176 Å². The lowest BCUT2D eigenvalue weighted by molar-refractivity contribution is -0.676. The number of nitrogens with two attached hydrogens (primary N) is 1. The van der Waals surface area contributed by atoms with Crippen molar-refractivity contribution in [3.05, 3.63) is 105 Å². The number of nitrogens with zero attached hydrogens (tertiary/aromatic N) is 1. The fraction of sp³-hybridized carbons (Fsp3) is 0.208. The molecule has 0 aliphatic carbocycles. The summed E-state index contributed by atoms with van der Waals surface area (Å²) in [6.45, 7) is 5.82. The van der Waals surface area contributed by atoms with Gasteiger partial charge >= 0.3 is 0 Å². The summed E-state index contributed by atoms with van der Waals surface area (Å²) >= 11 is 0. The Hall–Kier alpha value is -3.51. The van der Waals surface area contributed by atoms with Gasteiger partial charge in [0.05, 0.1) is 4.92 Å². The highest BCUT2D eigenvalue weighted by Crippen LogP contribution is 2.30. The van der Waals surface area contributed by atoms with E-state index in [0.29, 0.717) is 5.56 Å². The van der Waals surface area contributed by atoms with Crippen LogP contribution in [0, 0.1) is 30.9 Å². The summed E-state index contributed by atoms with van der Waals surface area (Å²) in [6.07, 6.45) is 0. The van der Waals surface area contributed by atoms with Gasteiger partial charge in [0.2, 0.25) is 0 Å². The number of nitro groups is 1. The van der Waals surface area contributed by atoms with Crippen molar-refractivity contribution in [1.82, 2.24) is 0 Å². The summed E-state index contributed by atoms with van der Waals surface area (Å²) in [5, 5.41) is 16.1. The zero-order valence-corrected chi connectivity index (χ0v) is 17.4. The van der Waals surface area contributed by atoms with Gasteiger partial charge in [-0.15, -0.1) is 0 Å². The second-order valence-electron chi connectivity index (χ2n) is 7.45. The second-order valence-corrected chi connectivity index (χ2v) is 7.45. The van der Waals surface area contributed by atoms with E-state index in [9.17, 15) is 14.9 Å². The molecular formula is C24H26N3O3+. The molecule has 0 saturated heterocycles. The number of nitro benzene ring substituents is 1. The molecule has 0 aliphatic rings. The summed E-state index contributed by atoms with van der Waals surface area (Å²) in [6, 6.07) is 21.3. The van der Waals surface area contributed by atoms with Crippen molar-refractivity contribution in [3.63, 3.8) is 0 Å². The highest BCUT2D eigenvalue weighted by atomic mass is 16.6. The third-order valence-corrected chi connectivity index (χ3v) is 5.31. The predicted molar refractivity (Wildman–Crippen MR) is 117 cm³/mol. The molecule has 1 amide bonds. The molecule has 6 heteroatoms. The first kappa shape index (κ1) is 21.2. The highest BCUT2D eigenvalue weighted by Gasteiger charge is 2.22. The maximum Gasteiger partial charge on any atom is 0.293 e. The summed E-state index contributed by atoms with van der Waals surface area (Å²) in [5.41, 5.74) is 5.13. The quantitative estimate of drug-likeness (QED) is 0.464. The summed E-state index contributed by atoms with van der Waals surface area (Å²) in [7, 11) is 0. The lowest BCUT2D eigenvalue weighted by Gasteiger charge is -2.17. The SMILES string of the molecule is Cc1ccc([C@@H]([NH2+]CC(=O)Nc2c([N+](=O)[O-])ccc(C)c2C)c2ccccc2)cc1. The normalized spacial score (nSPS) is 11.7. The van der Waals surface area contributed by atoms with Crippen LogP contribution in [0.5, 0.6) is 0 Å². The van der Waals surface area contributed by atoms with Crippen LogP contribution < -0.4 is 10.6 Å². The van der Waals surface area contributed by atoms with E-state index < -0.39 is 4.92 Å². The maximum absolute atomic E-state index is 12.7. The Balaban J connectivity index is 1.80. The molecule has 1 atom stereocenters. The van der Waals surface area contributed by atoms with Crippen LogP contribution >= 0.6 is 0 Å². The van der Waals surface area contributed by atoms with E-state index in [1.165, 1.54) is 11.6 Å². The monoisotopic (exact) mass is 404 g/mol. The van der Waals surface area contributed by atoms with E-state index in [0.717, 1.165) is 16.7 Å². The number of anilines is 1. The summed E-state index contributed by atoms with van der Waals surface area (Å²) in [4.78, 5) is 23.6. The van der Waals surface area contributed by atoms with Gasteiger partial charge in [-0.25, -0.2) is 0 Å². The van der Waals surface area contributed by atoms with E-state index in [2.05, 4.69) is 29.6 Å². The predicted octanol–water partition coefficient (Wildman–Crippen LogP) is 3.81. The Kier molecular flexibility index (Phi) is 6.59. The number of aryl methyl sites for hydroxylation is 2. The fourth-order valence-corrected chi connectivity index (χ4v) is 3.43. The maximum atomic E-state index is 12.7. The van der Waals surface area contributed by atoms with Crippen LogP contribution in [0.15, 0.2) is 66.7 Å². The topological polar surface area (TPSA) is 88.8 Å². The molecule has 0 fully saturated rings. The van der Waals surface area contributed by atoms with Gasteiger partial charge in [0, 0.05) is 17.2 Å². The molecule has 0 bridgehead atoms. The van der Waals surface area contributed by atoms with Crippen LogP contribution in [-0.2, 0) is 4.79 Å². The zero-order chi connectivity index (χ0) is 21.7. The molecule has 3 aromatic carbocycles. The van der Waals surface area contributed by atoms with Gasteiger partial charge in [-0.2, -0.15) is 0 Å². The van der Waals surface area contributed by atoms with Crippen molar-refractivity contribution in [2.45, 2.75) is 26.8 Å². The molecule has 0 unspecified atom stereocenters. The molecule has 0 radical (unpaired) electrons. The van der Waals surface area contributed by atoms with E-state index in [-0.39, 0.29) is 29.9 Å². The number of quaternary nitrogens is 1. The molecule has 3 N–H and O–H groups in total. The molecule has 30 heavy (non-hydrogen) atoms. The van der Waals surface area contributed by atoms with Gasteiger partial charge in [-0.05, 0) is 31.9 Å². The smallest absolute Gasteiger partial charge is 0.293 e. The summed E-state index contributed by atoms with van der Waals surface area (Å²) < 4.78 is 0. The minimum absolute atomic E-state index is 0.0499.